The summed E-state index contributed by atoms with van der Waals surface area (Å²) in [5, 5.41) is 0. The Balaban J connectivity index is 1.75. The van der Waals surface area contributed by atoms with E-state index in [2.05, 4.69) is 19.1 Å². The van der Waals surface area contributed by atoms with E-state index in [1.807, 2.05) is 23.1 Å². The smallest absolute Gasteiger partial charge is 0.344 e. The van der Waals surface area contributed by atoms with Crippen LogP contribution in [0.25, 0.3) is 0 Å². The molecule has 1 aliphatic heterocycles. The van der Waals surface area contributed by atoms with Gasteiger partial charge in [0.1, 0.15) is 5.75 Å². The van der Waals surface area contributed by atoms with Gasteiger partial charge in [0.25, 0.3) is 5.91 Å². The van der Waals surface area contributed by atoms with Gasteiger partial charge in [-0.05, 0) is 43.5 Å². The monoisotopic (exact) mass is 353 g/mol. The maximum Gasteiger partial charge on any atom is 0.344 e. The molecular weight excluding hydrogens is 330 g/mol. The van der Waals surface area contributed by atoms with Gasteiger partial charge in [-0.3, -0.25) is 4.79 Å². The van der Waals surface area contributed by atoms with E-state index in [0.29, 0.717) is 37.4 Å². The molecule has 2 aromatic rings. The van der Waals surface area contributed by atoms with Crippen molar-refractivity contribution >= 4 is 11.9 Å². The van der Waals surface area contributed by atoms with Crippen LogP contribution in [0.2, 0.25) is 0 Å². The summed E-state index contributed by atoms with van der Waals surface area (Å²) in [7, 11) is 0. The summed E-state index contributed by atoms with van der Waals surface area (Å²) in [5.41, 5.74) is 3.84. The van der Waals surface area contributed by atoms with Crippen molar-refractivity contribution in [2.75, 3.05) is 19.8 Å². The lowest BCUT2D eigenvalue weighted by Crippen LogP contribution is -2.37. The SMILES string of the molecule is CCOC(=O)COc1cccc2c1CCN(Cc1ccccc1C)C2=O. The van der Waals surface area contributed by atoms with Crippen molar-refractivity contribution in [3.05, 3.63) is 64.7 Å². The van der Waals surface area contributed by atoms with E-state index >= 15 is 0 Å². The Hall–Kier alpha value is -2.82. The second-order valence-corrected chi connectivity index (χ2v) is 6.28. The molecular formula is C21H23NO4. The zero-order chi connectivity index (χ0) is 18.5. The number of nitrogens with zero attached hydrogens (tertiary/aromatic N) is 1. The molecule has 0 radical (unpaired) electrons. The van der Waals surface area contributed by atoms with E-state index in [4.69, 9.17) is 9.47 Å². The first-order chi connectivity index (χ1) is 12.6. The summed E-state index contributed by atoms with van der Waals surface area (Å²) >= 11 is 0. The highest BCUT2D eigenvalue weighted by Gasteiger charge is 2.27. The highest BCUT2D eigenvalue weighted by molar-refractivity contribution is 5.97. The molecule has 0 saturated heterocycles. The first kappa shape index (κ1) is 18.0. The fraction of sp³-hybridized carbons (Fsp3) is 0.333. The number of hydrogen-bond acceptors (Lipinski definition) is 4. The highest BCUT2D eigenvalue weighted by atomic mass is 16.6. The molecule has 0 saturated carbocycles. The van der Waals surface area contributed by atoms with Gasteiger partial charge in [-0.15, -0.1) is 0 Å². The van der Waals surface area contributed by atoms with Crippen molar-refractivity contribution < 1.29 is 19.1 Å². The van der Waals surface area contributed by atoms with Gasteiger partial charge in [0.2, 0.25) is 0 Å². The zero-order valence-corrected chi connectivity index (χ0v) is 15.2. The van der Waals surface area contributed by atoms with Gasteiger partial charge in [-0.2, -0.15) is 0 Å². The lowest BCUT2D eigenvalue weighted by molar-refractivity contribution is -0.145. The fourth-order valence-corrected chi connectivity index (χ4v) is 3.16. The fourth-order valence-electron chi connectivity index (χ4n) is 3.16. The van der Waals surface area contributed by atoms with Crippen LogP contribution in [-0.4, -0.2) is 36.5 Å². The van der Waals surface area contributed by atoms with E-state index < -0.39 is 5.97 Å². The van der Waals surface area contributed by atoms with Crippen molar-refractivity contribution in [2.45, 2.75) is 26.8 Å². The maximum atomic E-state index is 12.9. The van der Waals surface area contributed by atoms with Crippen LogP contribution in [0.4, 0.5) is 0 Å². The number of aryl methyl sites for hydroxylation is 1. The number of rotatable bonds is 6. The van der Waals surface area contributed by atoms with E-state index in [1.54, 1.807) is 19.1 Å². The lowest BCUT2D eigenvalue weighted by Gasteiger charge is -2.30. The number of benzene rings is 2. The Morgan fingerprint density at radius 1 is 1.15 bits per heavy atom. The van der Waals surface area contributed by atoms with Crippen LogP contribution in [0.15, 0.2) is 42.5 Å². The third kappa shape index (κ3) is 3.87. The van der Waals surface area contributed by atoms with Gasteiger partial charge in [0, 0.05) is 24.2 Å². The van der Waals surface area contributed by atoms with Crippen molar-refractivity contribution in [2.24, 2.45) is 0 Å². The molecule has 5 nitrogen and oxygen atoms in total. The first-order valence-electron chi connectivity index (χ1n) is 8.84. The van der Waals surface area contributed by atoms with E-state index in [-0.39, 0.29) is 12.5 Å². The molecule has 5 heteroatoms. The number of carbonyl (C=O) groups is 2. The average molecular weight is 353 g/mol. The van der Waals surface area contributed by atoms with Crippen LogP contribution in [0.3, 0.4) is 0 Å². The lowest BCUT2D eigenvalue weighted by atomic mass is 9.97. The summed E-state index contributed by atoms with van der Waals surface area (Å²) in [6.45, 7) is 5.20. The molecule has 0 aliphatic carbocycles. The van der Waals surface area contributed by atoms with Crippen molar-refractivity contribution in [3.8, 4) is 5.75 Å². The predicted molar refractivity (Wildman–Crippen MR) is 98.2 cm³/mol. The van der Waals surface area contributed by atoms with Gasteiger partial charge in [-0.25, -0.2) is 4.79 Å². The number of esters is 1. The zero-order valence-electron chi connectivity index (χ0n) is 15.2. The Morgan fingerprint density at radius 3 is 2.73 bits per heavy atom. The highest BCUT2D eigenvalue weighted by Crippen LogP contribution is 2.29. The Bertz CT molecular complexity index is 815. The summed E-state index contributed by atoms with van der Waals surface area (Å²) in [5.74, 6) is 0.170. The standard InChI is InChI=1S/C21H23NO4/c1-3-25-20(23)14-26-19-10-6-9-18-17(19)11-12-22(21(18)24)13-16-8-5-4-7-15(16)2/h4-10H,3,11-14H2,1-2H3. The molecule has 0 fully saturated rings. The van der Waals surface area contributed by atoms with Gasteiger partial charge in [0.15, 0.2) is 6.61 Å². The minimum Gasteiger partial charge on any atom is -0.482 e. The van der Waals surface area contributed by atoms with E-state index in [1.165, 1.54) is 5.56 Å². The van der Waals surface area contributed by atoms with E-state index in [0.717, 1.165) is 11.1 Å². The molecule has 0 bridgehead atoms. The Labute approximate surface area is 153 Å². The molecule has 3 rings (SSSR count). The second kappa shape index (κ2) is 8.04. The largest absolute Gasteiger partial charge is 0.482 e. The van der Waals surface area contributed by atoms with Crippen LogP contribution in [0.1, 0.15) is 34.0 Å². The van der Waals surface area contributed by atoms with Crippen molar-refractivity contribution in [1.82, 2.24) is 4.90 Å². The normalized spacial score (nSPS) is 13.3. The summed E-state index contributed by atoms with van der Waals surface area (Å²) in [4.78, 5) is 26.3. The molecule has 2 aromatic carbocycles. The third-order valence-corrected chi connectivity index (χ3v) is 4.56. The van der Waals surface area contributed by atoms with Crippen LogP contribution in [0.5, 0.6) is 5.75 Å². The number of carbonyl (C=O) groups excluding carboxylic acids is 2. The maximum absolute atomic E-state index is 12.9. The molecule has 26 heavy (non-hydrogen) atoms. The van der Waals surface area contributed by atoms with Gasteiger partial charge in [-0.1, -0.05) is 30.3 Å². The van der Waals surface area contributed by atoms with Gasteiger partial charge in [0.05, 0.1) is 6.61 Å². The summed E-state index contributed by atoms with van der Waals surface area (Å²) in [6.07, 6.45) is 0.700. The van der Waals surface area contributed by atoms with Crippen LogP contribution >= 0.6 is 0 Å². The van der Waals surface area contributed by atoms with Gasteiger partial charge >= 0.3 is 5.97 Å². The summed E-state index contributed by atoms with van der Waals surface area (Å²) < 4.78 is 10.5. The van der Waals surface area contributed by atoms with Crippen LogP contribution in [-0.2, 0) is 22.5 Å². The average Bonchev–Trinajstić information content (AvgIpc) is 2.64. The topological polar surface area (TPSA) is 55.8 Å². The van der Waals surface area contributed by atoms with Crippen LogP contribution < -0.4 is 4.74 Å². The van der Waals surface area contributed by atoms with Gasteiger partial charge < -0.3 is 14.4 Å². The molecule has 1 heterocycles. The second-order valence-electron chi connectivity index (χ2n) is 6.28. The van der Waals surface area contributed by atoms with E-state index in [9.17, 15) is 9.59 Å². The molecule has 0 unspecified atom stereocenters. The minimum absolute atomic E-state index is 0.00362. The quantitative estimate of drug-likeness (QED) is 0.749. The number of hydrogen-bond donors (Lipinski definition) is 0. The third-order valence-electron chi connectivity index (χ3n) is 4.56. The number of amides is 1. The summed E-state index contributed by atoms with van der Waals surface area (Å²) in [6, 6.07) is 13.5. The molecule has 136 valence electrons. The Morgan fingerprint density at radius 2 is 1.96 bits per heavy atom. The molecule has 0 spiro atoms. The first-order valence-corrected chi connectivity index (χ1v) is 8.84. The molecule has 0 aromatic heterocycles. The molecule has 1 aliphatic rings. The van der Waals surface area contributed by atoms with Crippen molar-refractivity contribution in [3.63, 3.8) is 0 Å². The molecule has 1 amide bonds. The Kier molecular flexibility index (Phi) is 5.56. The molecule has 0 N–H and O–H groups in total. The minimum atomic E-state index is -0.409. The van der Waals surface area contributed by atoms with Crippen LogP contribution in [0, 0.1) is 6.92 Å². The predicted octanol–water partition coefficient (Wildman–Crippen LogP) is 3.14. The number of fused-ring (bicyclic) bond motifs is 1. The van der Waals surface area contributed by atoms with Crippen molar-refractivity contribution in [1.29, 1.82) is 0 Å². The number of ether oxygens (including phenoxy) is 2. The molecule has 0 atom stereocenters.